The molecule has 0 radical (unpaired) electrons. The average Bonchev–Trinajstić information content (AvgIpc) is 3.04. The number of nitrogens with zero attached hydrogens (tertiary/aromatic N) is 2. The minimum Gasteiger partial charge on any atom is -0.356 e. The number of halogens is 1. The van der Waals surface area contributed by atoms with Crippen LogP contribution < -0.4 is 10.6 Å². The van der Waals surface area contributed by atoms with E-state index in [-0.39, 0.29) is 35.1 Å². The second-order valence-electron chi connectivity index (χ2n) is 6.04. The van der Waals surface area contributed by atoms with Crippen LogP contribution in [0.1, 0.15) is 22.7 Å². The number of aliphatic imine (C=N–C) groups is 1. The zero-order valence-electron chi connectivity index (χ0n) is 13.8. The van der Waals surface area contributed by atoms with Crippen LogP contribution in [0.5, 0.6) is 0 Å². The zero-order chi connectivity index (χ0) is 16.2. The molecule has 9 heteroatoms. The summed E-state index contributed by atoms with van der Waals surface area (Å²) in [5, 5.41) is 7.60. The average molecular weight is 472 g/mol. The van der Waals surface area contributed by atoms with E-state index in [2.05, 4.69) is 20.6 Å². The minimum atomic E-state index is -2.93. The van der Waals surface area contributed by atoms with Gasteiger partial charge in [-0.05, 0) is 19.8 Å². The second kappa shape index (κ2) is 8.61. The van der Waals surface area contributed by atoms with Crippen LogP contribution in [0.3, 0.4) is 0 Å². The molecule has 0 saturated heterocycles. The molecule has 1 aromatic rings. The van der Waals surface area contributed by atoms with E-state index in [9.17, 15) is 8.42 Å². The third-order valence-corrected chi connectivity index (χ3v) is 5.79. The van der Waals surface area contributed by atoms with Crippen LogP contribution >= 0.6 is 35.3 Å². The lowest BCUT2D eigenvalue weighted by molar-refractivity contribution is 0.529. The summed E-state index contributed by atoms with van der Waals surface area (Å²) < 4.78 is 22.9. The number of aryl methyl sites for hydroxylation is 1. The Labute approximate surface area is 159 Å². The monoisotopic (exact) mass is 472 g/mol. The number of nitrogens with one attached hydrogen (secondary N) is 2. The highest BCUT2D eigenvalue weighted by Gasteiger charge is 2.45. The van der Waals surface area contributed by atoms with Crippen molar-refractivity contribution in [1.29, 1.82) is 0 Å². The van der Waals surface area contributed by atoms with Gasteiger partial charge >= 0.3 is 0 Å². The Balaban J connectivity index is 0.00000264. The number of rotatable bonds is 7. The molecule has 0 aliphatic heterocycles. The maximum Gasteiger partial charge on any atom is 0.191 e. The molecule has 132 valence electrons. The van der Waals surface area contributed by atoms with Crippen molar-refractivity contribution in [3.8, 4) is 0 Å². The first kappa shape index (κ1) is 20.6. The minimum absolute atomic E-state index is 0. The normalized spacial score (nSPS) is 16.6. The molecule has 2 rings (SSSR count). The van der Waals surface area contributed by atoms with Crippen molar-refractivity contribution in [3.63, 3.8) is 0 Å². The van der Waals surface area contributed by atoms with Gasteiger partial charge in [0.2, 0.25) is 0 Å². The van der Waals surface area contributed by atoms with E-state index in [4.69, 9.17) is 0 Å². The lowest BCUT2D eigenvalue weighted by atomic mass is 10.1. The molecule has 23 heavy (non-hydrogen) atoms. The van der Waals surface area contributed by atoms with Crippen LogP contribution in [0, 0.1) is 12.3 Å². The zero-order valence-corrected chi connectivity index (χ0v) is 17.7. The summed E-state index contributed by atoms with van der Waals surface area (Å²) in [4.78, 5) is 9.72. The first-order chi connectivity index (χ1) is 10.3. The van der Waals surface area contributed by atoms with Crippen LogP contribution in [0.2, 0.25) is 0 Å². The fraction of sp³-hybridized carbons (Fsp3) is 0.714. The van der Waals surface area contributed by atoms with Crippen molar-refractivity contribution in [1.82, 2.24) is 15.6 Å². The van der Waals surface area contributed by atoms with Gasteiger partial charge in [-0.2, -0.15) is 0 Å². The molecule has 1 aromatic heterocycles. The molecule has 0 spiro atoms. The van der Waals surface area contributed by atoms with Crippen molar-refractivity contribution in [3.05, 3.63) is 16.1 Å². The van der Waals surface area contributed by atoms with E-state index in [1.54, 1.807) is 18.4 Å². The van der Waals surface area contributed by atoms with Gasteiger partial charge in [0.15, 0.2) is 5.96 Å². The molecule has 0 bridgehead atoms. The first-order valence-electron chi connectivity index (χ1n) is 7.35. The van der Waals surface area contributed by atoms with Gasteiger partial charge in [0.1, 0.15) is 9.84 Å². The largest absolute Gasteiger partial charge is 0.356 e. The van der Waals surface area contributed by atoms with Gasteiger partial charge in [-0.25, -0.2) is 13.4 Å². The lowest BCUT2D eigenvalue weighted by Crippen LogP contribution is -2.42. The number of hydrogen-bond donors (Lipinski definition) is 2. The van der Waals surface area contributed by atoms with E-state index in [0.29, 0.717) is 12.5 Å². The van der Waals surface area contributed by atoms with Crippen molar-refractivity contribution in [2.75, 3.05) is 32.1 Å². The quantitative estimate of drug-likeness (QED) is 0.358. The van der Waals surface area contributed by atoms with Crippen LogP contribution in [-0.2, 0) is 16.3 Å². The molecule has 1 heterocycles. The summed E-state index contributed by atoms with van der Waals surface area (Å²) in [6, 6.07) is 0. The van der Waals surface area contributed by atoms with E-state index in [1.807, 2.05) is 13.1 Å². The van der Waals surface area contributed by atoms with E-state index < -0.39 is 9.84 Å². The first-order valence-corrected chi connectivity index (χ1v) is 10.2. The Kier molecular flexibility index (Phi) is 7.72. The van der Waals surface area contributed by atoms with Crippen molar-refractivity contribution >= 4 is 51.1 Å². The highest BCUT2D eigenvalue weighted by atomic mass is 127. The van der Waals surface area contributed by atoms with Gasteiger partial charge in [-0.1, -0.05) is 0 Å². The number of sulfone groups is 1. The molecule has 0 atom stereocenters. The van der Waals surface area contributed by atoms with Gasteiger partial charge in [0.25, 0.3) is 0 Å². The summed E-state index contributed by atoms with van der Waals surface area (Å²) in [5.41, 5.74) is -0.0996. The maximum absolute atomic E-state index is 11.5. The Morgan fingerprint density at radius 2 is 2.13 bits per heavy atom. The molecule has 1 aliphatic carbocycles. The molecule has 6 nitrogen and oxygen atoms in total. The van der Waals surface area contributed by atoms with Gasteiger partial charge < -0.3 is 10.6 Å². The van der Waals surface area contributed by atoms with Gasteiger partial charge in [-0.3, -0.25) is 4.99 Å². The Morgan fingerprint density at radius 1 is 1.43 bits per heavy atom. The maximum atomic E-state index is 11.5. The fourth-order valence-corrected chi connectivity index (χ4v) is 4.69. The number of thiazole rings is 1. The number of hydrogen-bond acceptors (Lipinski definition) is 5. The van der Waals surface area contributed by atoms with E-state index >= 15 is 0 Å². The van der Waals surface area contributed by atoms with Crippen LogP contribution in [-0.4, -0.2) is 51.5 Å². The Bertz CT molecular complexity index is 639. The third kappa shape index (κ3) is 7.34. The predicted octanol–water partition coefficient (Wildman–Crippen LogP) is 1.60. The third-order valence-electron chi connectivity index (χ3n) is 3.68. The van der Waals surface area contributed by atoms with Crippen LogP contribution in [0.25, 0.3) is 0 Å². The molecule has 1 fully saturated rings. The topological polar surface area (TPSA) is 83.4 Å². The standard InChI is InChI=1S/C14H24N4O2S2.HI/c1-11-8-17-12(21-11)4-7-16-13(15-2)18-9-14(5-6-14)10-22(3,19)20;/h8H,4-7,9-10H2,1-3H3,(H2,15,16,18);1H. The highest BCUT2D eigenvalue weighted by Crippen LogP contribution is 2.45. The summed E-state index contributed by atoms with van der Waals surface area (Å²) in [6.07, 6.45) is 5.96. The van der Waals surface area contributed by atoms with Crippen molar-refractivity contribution < 1.29 is 8.42 Å². The van der Waals surface area contributed by atoms with Gasteiger partial charge in [-0.15, -0.1) is 35.3 Å². The van der Waals surface area contributed by atoms with E-state index in [1.165, 1.54) is 11.1 Å². The molecule has 1 aliphatic rings. The van der Waals surface area contributed by atoms with Crippen LogP contribution in [0.4, 0.5) is 0 Å². The highest BCUT2D eigenvalue weighted by molar-refractivity contribution is 14.0. The number of aromatic nitrogens is 1. The lowest BCUT2D eigenvalue weighted by Gasteiger charge is -2.17. The predicted molar refractivity (Wildman–Crippen MR) is 107 cm³/mol. The van der Waals surface area contributed by atoms with Crippen molar-refractivity contribution in [2.45, 2.75) is 26.2 Å². The fourth-order valence-electron chi connectivity index (χ4n) is 2.40. The van der Waals surface area contributed by atoms with E-state index in [0.717, 1.165) is 30.8 Å². The van der Waals surface area contributed by atoms with Crippen molar-refractivity contribution in [2.24, 2.45) is 10.4 Å². The summed E-state index contributed by atoms with van der Waals surface area (Å²) in [5.74, 6) is 0.968. The molecular formula is C14H25IN4O2S2. The number of guanidine groups is 1. The van der Waals surface area contributed by atoms with Crippen LogP contribution in [0.15, 0.2) is 11.2 Å². The second-order valence-corrected chi connectivity index (χ2v) is 9.50. The SMILES string of the molecule is CN=C(NCCc1ncc(C)s1)NCC1(CS(C)(=O)=O)CC1.I. The molecule has 0 unspecified atom stereocenters. The Hall–Kier alpha value is -0.420. The molecule has 1 saturated carbocycles. The smallest absolute Gasteiger partial charge is 0.191 e. The summed E-state index contributed by atoms with van der Waals surface area (Å²) in [7, 11) is -1.21. The molecule has 0 amide bonds. The Morgan fingerprint density at radius 3 is 2.61 bits per heavy atom. The summed E-state index contributed by atoms with van der Waals surface area (Å²) >= 11 is 1.70. The molecule has 2 N–H and O–H groups in total. The molecule has 0 aromatic carbocycles. The molecular weight excluding hydrogens is 447 g/mol. The summed E-state index contributed by atoms with van der Waals surface area (Å²) in [6.45, 7) is 3.45. The van der Waals surface area contributed by atoms with Gasteiger partial charge in [0.05, 0.1) is 10.8 Å². The van der Waals surface area contributed by atoms with Gasteiger partial charge in [0, 0.05) is 49.3 Å².